The lowest BCUT2D eigenvalue weighted by molar-refractivity contribution is -0.121. The third kappa shape index (κ3) is 2.76. The van der Waals surface area contributed by atoms with Crippen LogP contribution < -0.4 is 10.6 Å². The fourth-order valence-electron chi connectivity index (χ4n) is 2.68. The first kappa shape index (κ1) is 12.2. The highest BCUT2D eigenvalue weighted by atomic mass is 16.1. The summed E-state index contributed by atoms with van der Waals surface area (Å²) in [6.07, 6.45) is 1.49. The van der Waals surface area contributed by atoms with E-state index in [0.717, 1.165) is 25.1 Å². The van der Waals surface area contributed by atoms with Crippen LogP contribution in [0.3, 0.4) is 0 Å². The van der Waals surface area contributed by atoms with Gasteiger partial charge in [0.15, 0.2) is 0 Å². The molecular weight excluding hydrogens is 236 g/mol. The second-order valence-electron chi connectivity index (χ2n) is 5.07. The first-order valence-electron chi connectivity index (χ1n) is 6.79. The van der Waals surface area contributed by atoms with E-state index in [9.17, 15) is 4.79 Å². The first-order valence-corrected chi connectivity index (χ1v) is 6.79. The summed E-state index contributed by atoms with van der Waals surface area (Å²) in [6, 6.07) is 14.6. The average Bonchev–Trinajstić information content (AvgIpc) is 2.92. The molecule has 98 valence electrons. The molecule has 0 saturated carbocycles. The Morgan fingerprint density at radius 3 is 2.89 bits per heavy atom. The lowest BCUT2D eigenvalue weighted by Crippen LogP contribution is -2.37. The molecule has 3 rings (SSSR count). The highest BCUT2D eigenvalue weighted by molar-refractivity contribution is 5.90. The molecule has 3 nitrogen and oxygen atoms in total. The van der Waals surface area contributed by atoms with Gasteiger partial charge >= 0.3 is 0 Å². The van der Waals surface area contributed by atoms with Gasteiger partial charge in [-0.1, -0.05) is 42.5 Å². The van der Waals surface area contributed by atoms with Crippen LogP contribution in [-0.4, -0.2) is 25.0 Å². The van der Waals surface area contributed by atoms with E-state index in [1.54, 1.807) is 0 Å². The van der Waals surface area contributed by atoms with Crippen LogP contribution in [0.15, 0.2) is 42.5 Å². The van der Waals surface area contributed by atoms with Gasteiger partial charge in [-0.15, -0.1) is 0 Å². The van der Waals surface area contributed by atoms with Crippen molar-refractivity contribution in [2.45, 2.75) is 18.9 Å². The van der Waals surface area contributed by atoms with Gasteiger partial charge in [0.1, 0.15) is 0 Å². The zero-order valence-electron chi connectivity index (χ0n) is 10.9. The average molecular weight is 254 g/mol. The smallest absolute Gasteiger partial charge is 0.224 e. The van der Waals surface area contributed by atoms with Gasteiger partial charge < -0.3 is 10.6 Å². The highest BCUT2D eigenvalue weighted by Crippen LogP contribution is 2.18. The van der Waals surface area contributed by atoms with Crippen molar-refractivity contribution in [3.05, 3.63) is 48.0 Å². The molecule has 1 aliphatic heterocycles. The van der Waals surface area contributed by atoms with Crippen molar-refractivity contribution in [1.82, 2.24) is 10.6 Å². The maximum atomic E-state index is 12.1. The molecule has 19 heavy (non-hydrogen) atoms. The molecule has 0 aliphatic carbocycles. The van der Waals surface area contributed by atoms with Gasteiger partial charge in [0.05, 0.1) is 6.42 Å². The van der Waals surface area contributed by atoms with Crippen LogP contribution in [0, 0.1) is 0 Å². The number of carbonyl (C=O) groups is 1. The summed E-state index contributed by atoms with van der Waals surface area (Å²) in [6.45, 7) is 1.89. The van der Waals surface area contributed by atoms with Crippen LogP contribution in [-0.2, 0) is 11.2 Å². The molecule has 1 aliphatic rings. The van der Waals surface area contributed by atoms with Gasteiger partial charge in [-0.05, 0) is 29.3 Å². The Hall–Kier alpha value is -1.87. The fourth-order valence-corrected chi connectivity index (χ4v) is 2.68. The Labute approximate surface area is 113 Å². The molecule has 2 N–H and O–H groups in total. The summed E-state index contributed by atoms with van der Waals surface area (Å²) in [5.41, 5.74) is 1.10. The maximum absolute atomic E-state index is 12.1. The molecule has 0 spiro atoms. The van der Waals surface area contributed by atoms with E-state index in [1.807, 2.05) is 24.3 Å². The monoisotopic (exact) mass is 254 g/mol. The lowest BCUT2D eigenvalue weighted by Gasteiger charge is -2.12. The molecule has 1 fully saturated rings. The first-order chi connectivity index (χ1) is 9.33. The third-order valence-corrected chi connectivity index (χ3v) is 3.66. The van der Waals surface area contributed by atoms with Gasteiger partial charge in [-0.25, -0.2) is 0 Å². The van der Waals surface area contributed by atoms with Gasteiger partial charge in [0, 0.05) is 12.6 Å². The Morgan fingerprint density at radius 1 is 1.21 bits per heavy atom. The van der Waals surface area contributed by atoms with Crippen LogP contribution >= 0.6 is 0 Å². The largest absolute Gasteiger partial charge is 0.352 e. The zero-order valence-corrected chi connectivity index (χ0v) is 10.9. The molecule has 1 atom stereocenters. The number of hydrogen-bond donors (Lipinski definition) is 2. The van der Waals surface area contributed by atoms with E-state index >= 15 is 0 Å². The maximum Gasteiger partial charge on any atom is 0.224 e. The Bertz CT molecular complexity index is 583. The van der Waals surface area contributed by atoms with Gasteiger partial charge in [-0.2, -0.15) is 0 Å². The van der Waals surface area contributed by atoms with Crippen LogP contribution in [0.4, 0.5) is 0 Å². The van der Waals surface area contributed by atoms with Crippen molar-refractivity contribution in [1.29, 1.82) is 0 Å². The zero-order chi connectivity index (χ0) is 13.1. The molecule has 0 radical (unpaired) electrons. The van der Waals surface area contributed by atoms with E-state index in [1.165, 1.54) is 10.8 Å². The summed E-state index contributed by atoms with van der Waals surface area (Å²) in [4.78, 5) is 12.1. The predicted octanol–water partition coefficient (Wildman–Crippen LogP) is 1.86. The summed E-state index contributed by atoms with van der Waals surface area (Å²) in [5, 5.41) is 8.71. The quantitative estimate of drug-likeness (QED) is 0.878. The number of fused-ring (bicyclic) bond motifs is 1. The molecule has 0 bridgehead atoms. The van der Waals surface area contributed by atoms with Crippen LogP contribution in [0.25, 0.3) is 10.8 Å². The molecule has 1 amide bonds. The standard InChI is InChI=1S/C16H18N2O/c19-16(18-14-8-9-17-11-14)10-13-6-3-5-12-4-1-2-7-15(12)13/h1-7,14,17H,8-11H2,(H,18,19)/t14-/m1/s1. The second kappa shape index (κ2) is 5.41. The van der Waals surface area contributed by atoms with Crippen molar-refractivity contribution in [2.75, 3.05) is 13.1 Å². The number of carbonyl (C=O) groups excluding carboxylic acids is 1. The molecular formula is C16H18N2O. The minimum atomic E-state index is 0.116. The number of hydrogen-bond acceptors (Lipinski definition) is 2. The summed E-state index contributed by atoms with van der Waals surface area (Å²) in [5.74, 6) is 0.116. The molecule has 0 aromatic heterocycles. The van der Waals surface area contributed by atoms with Crippen LogP contribution in [0.1, 0.15) is 12.0 Å². The van der Waals surface area contributed by atoms with E-state index in [4.69, 9.17) is 0 Å². The van der Waals surface area contributed by atoms with E-state index in [2.05, 4.69) is 28.8 Å². The molecule has 3 heteroatoms. The molecule has 1 heterocycles. The normalized spacial score (nSPS) is 18.6. The van der Waals surface area contributed by atoms with E-state index in [-0.39, 0.29) is 5.91 Å². The molecule has 2 aromatic carbocycles. The van der Waals surface area contributed by atoms with Crippen LogP contribution in [0.2, 0.25) is 0 Å². The second-order valence-corrected chi connectivity index (χ2v) is 5.07. The van der Waals surface area contributed by atoms with Crippen molar-refractivity contribution in [3.8, 4) is 0 Å². The topological polar surface area (TPSA) is 41.1 Å². The molecule has 0 unspecified atom stereocenters. The predicted molar refractivity (Wildman–Crippen MR) is 77.1 cm³/mol. The van der Waals surface area contributed by atoms with Gasteiger partial charge in [0.2, 0.25) is 5.91 Å². The number of nitrogens with one attached hydrogen (secondary N) is 2. The van der Waals surface area contributed by atoms with Crippen molar-refractivity contribution < 1.29 is 4.79 Å². The third-order valence-electron chi connectivity index (χ3n) is 3.66. The molecule has 1 saturated heterocycles. The summed E-state index contributed by atoms with van der Waals surface area (Å²) in [7, 11) is 0. The van der Waals surface area contributed by atoms with E-state index in [0.29, 0.717) is 12.5 Å². The lowest BCUT2D eigenvalue weighted by atomic mass is 10.0. The fraction of sp³-hybridized carbons (Fsp3) is 0.312. The summed E-state index contributed by atoms with van der Waals surface area (Å²) >= 11 is 0. The minimum absolute atomic E-state index is 0.116. The minimum Gasteiger partial charge on any atom is -0.352 e. The number of amides is 1. The number of rotatable bonds is 3. The number of benzene rings is 2. The van der Waals surface area contributed by atoms with Crippen LogP contribution in [0.5, 0.6) is 0 Å². The van der Waals surface area contributed by atoms with Crippen molar-refractivity contribution >= 4 is 16.7 Å². The van der Waals surface area contributed by atoms with Gasteiger partial charge in [0.25, 0.3) is 0 Å². The molecule has 2 aromatic rings. The Morgan fingerprint density at radius 2 is 2.05 bits per heavy atom. The Kier molecular flexibility index (Phi) is 3.47. The van der Waals surface area contributed by atoms with Crippen molar-refractivity contribution in [2.24, 2.45) is 0 Å². The highest BCUT2D eigenvalue weighted by Gasteiger charge is 2.17. The van der Waals surface area contributed by atoms with Crippen molar-refractivity contribution in [3.63, 3.8) is 0 Å². The Balaban J connectivity index is 1.75. The SMILES string of the molecule is O=C(Cc1cccc2ccccc12)N[C@@H]1CCNC1. The van der Waals surface area contributed by atoms with E-state index < -0.39 is 0 Å². The summed E-state index contributed by atoms with van der Waals surface area (Å²) < 4.78 is 0. The van der Waals surface area contributed by atoms with Gasteiger partial charge in [-0.3, -0.25) is 4.79 Å².